The number of H-pyrrole nitrogens is 1. The molecule has 0 bridgehead atoms. The zero-order valence-electron chi connectivity index (χ0n) is 63.6. The van der Waals surface area contributed by atoms with E-state index >= 15 is 24.0 Å². The fraction of sp³-hybridized carbons (Fsp3) is 0.514. The van der Waals surface area contributed by atoms with Crippen molar-refractivity contribution in [3.05, 3.63) is 101 Å². The Morgan fingerprint density at radius 2 is 1.35 bits per heavy atom. The number of ether oxygens (including phenoxy) is 1. The van der Waals surface area contributed by atoms with E-state index in [9.17, 15) is 57.8 Å². The summed E-state index contributed by atoms with van der Waals surface area (Å²) in [6.07, 6.45) is -2.14. The molecule has 1 aromatic heterocycles. The molecule has 38 nitrogen and oxygen atoms in total. The van der Waals surface area contributed by atoms with Crippen LogP contribution < -0.4 is 103 Å². The number of aromatic amines is 1. The zero-order valence-corrected chi connectivity index (χ0v) is 64.4. The van der Waals surface area contributed by atoms with Crippen LogP contribution in [0.2, 0.25) is 0 Å². The number of carbonyl (C=O) groups excluding carboxylic acids is 16. The fourth-order valence-corrected chi connectivity index (χ4v) is 13.7. The molecular formula is C74H106N20O18S. The summed E-state index contributed by atoms with van der Waals surface area (Å²) in [6, 6.07) is 4.07. The summed E-state index contributed by atoms with van der Waals surface area (Å²) in [7, 11) is 0. The highest BCUT2D eigenvalue weighted by Gasteiger charge is 2.45. The molecule has 3 heterocycles. The van der Waals surface area contributed by atoms with Crippen molar-refractivity contribution in [1.29, 1.82) is 0 Å². The molecule has 2 aliphatic rings. The summed E-state index contributed by atoms with van der Waals surface area (Å²) in [5, 5.41) is 42.6. The lowest BCUT2D eigenvalue weighted by atomic mass is 9.89. The average molecular weight is 1600 g/mol. The fourth-order valence-electron chi connectivity index (χ4n) is 12.7. The summed E-state index contributed by atoms with van der Waals surface area (Å²) in [5.41, 5.74) is 34.8. The van der Waals surface area contributed by atoms with Gasteiger partial charge in [-0.3, -0.25) is 76.7 Å². The highest BCUT2D eigenvalue weighted by atomic mass is 32.2. The largest absolute Gasteiger partial charge is 0.492 e. The van der Waals surface area contributed by atoms with Crippen LogP contribution in [0.5, 0.6) is 5.75 Å². The van der Waals surface area contributed by atoms with E-state index in [1.165, 1.54) is 25.7 Å². The van der Waals surface area contributed by atoms with Gasteiger partial charge in [-0.1, -0.05) is 54.6 Å². The molecule has 616 valence electrons. The minimum Gasteiger partial charge on any atom is -0.492 e. The van der Waals surface area contributed by atoms with E-state index in [-0.39, 0.29) is 102 Å². The minimum atomic E-state index is -1.95. The minimum absolute atomic E-state index is 0.0865. The van der Waals surface area contributed by atoms with Crippen LogP contribution >= 0.6 is 11.8 Å². The third kappa shape index (κ3) is 28.5. The van der Waals surface area contributed by atoms with Crippen molar-refractivity contribution >= 4 is 117 Å². The molecule has 6 rings (SSSR count). The Kier molecular flexibility index (Phi) is 35.8. The Hall–Kier alpha value is -11.3. The van der Waals surface area contributed by atoms with Gasteiger partial charge in [-0.2, -0.15) is 11.8 Å². The first-order valence-corrected chi connectivity index (χ1v) is 38.3. The number of amides is 16. The lowest BCUT2D eigenvalue weighted by molar-refractivity contribution is -0.146. The van der Waals surface area contributed by atoms with Gasteiger partial charge < -0.3 is 118 Å². The van der Waals surface area contributed by atoms with Gasteiger partial charge in [0.1, 0.15) is 78.3 Å². The Balaban J connectivity index is 1.44. The van der Waals surface area contributed by atoms with E-state index in [1.807, 2.05) is 0 Å². The van der Waals surface area contributed by atoms with Gasteiger partial charge in [0.05, 0.1) is 19.1 Å². The average Bonchev–Trinajstić information content (AvgIpc) is 1.29. The summed E-state index contributed by atoms with van der Waals surface area (Å²) < 4.78 is 5.74. The number of nitrogens with zero attached hydrogens (tertiary/aromatic N) is 1. The second-order valence-corrected chi connectivity index (χ2v) is 29.0. The topological polar surface area (TPSA) is 622 Å². The number of aromatic nitrogens is 1. The molecule has 4 aromatic rings. The lowest BCUT2D eigenvalue weighted by Gasteiger charge is -2.40. The van der Waals surface area contributed by atoms with Gasteiger partial charge in [0, 0.05) is 88.6 Å². The number of aliphatic hydroxyl groups is 1. The number of rotatable bonds is 36. The highest BCUT2D eigenvalue weighted by Crippen LogP contribution is 2.28. The number of nitrogens with one attached hydrogen (secondary N) is 13. The summed E-state index contributed by atoms with van der Waals surface area (Å²) in [6.45, 7) is 4.12. The van der Waals surface area contributed by atoms with Crippen molar-refractivity contribution in [3.8, 4) is 5.75 Å². The number of nitrogens with two attached hydrogens (primary N) is 6. The first-order chi connectivity index (χ1) is 53.7. The number of hydrogen-bond acceptors (Lipinski definition) is 22. The maximum atomic E-state index is 16.1. The number of benzene rings is 3. The number of carbonyl (C=O) groups is 16. The van der Waals surface area contributed by atoms with Crippen LogP contribution in [0, 0.1) is 0 Å². The number of hydrogen-bond donors (Lipinski definition) is 20. The van der Waals surface area contributed by atoms with E-state index in [0.29, 0.717) is 45.3 Å². The molecule has 0 unspecified atom stereocenters. The van der Waals surface area contributed by atoms with Crippen LogP contribution in [0.3, 0.4) is 0 Å². The van der Waals surface area contributed by atoms with Gasteiger partial charge in [-0.05, 0) is 118 Å². The van der Waals surface area contributed by atoms with Crippen LogP contribution in [-0.4, -0.2) is 232 Å². The zero-order chi connectivity index (χ0) is 83.1. The molecule has 1 saturated heterocycles. The molecule has 2 aliphatic heterocycles. The molecule has 0 aliphatic carbocycles. The lowest BCUT2D eigenvalue weighted by Crippen LogP contribution is -2.65. The molecule has 1 fully saturated rings. The van der Waals surface area contributed by atoms with Gasteiger partial charge in [-0.25, -0.2) is 0 Å². The Morgan fingerprint density at radius 1 is 0.673 bits per heavy atom. The molecule has 12 atom stereocenters. The smallest absolute Gasteiger partial charge is 0.246 e. The summed E-state index contributed by atoms with van der Waals surface area (Å²) >= 11 is 0.970. The number of aliphatic hydroxyl groups excluding tert-OH is 1. The van der Waals surface area contributed by atoms with E-state index in [0.717, 1.165) is 18.7 Å². The van der Waals surface area contributed by atoms with E-state index in [1.54, 1.807) is 79.0 Å². The second kappa shape index (κ2) is 44.7. The molecule has 0 saturated carbocycles. The number of primary amides is 3. The van der Waals surface area contributed by atoms with Crippen LogP contribution in [0.15, 0.2) is 79.0 Å². The van der Waals surface area contributed by atoms with Crippen LogP contribution in [0.4, 0.5) is 0 Å². The first-order valence-electron chi connectivity index (χ1n) is 37.1. The van der Waals surface area contributed by atoms with Crippen LogP contribution in [0.1, 0.15) is 114 Å². The van der Waals surface area contributed by atoms with Crippen molar-refractivity contribution in [2.45, 2.75) is 190 Å². The summed E-state index contributed by atoms with van der Waals surface area (Å²) in [5.74, 6) is -14.9. The SMILES string of the molecule is CC(=O)NCCCC[C@H](NC(=O)[C@](C)(CCCCN)NC(=O)[C@@H]1Cc2ccccc2CN1C(=O)[C@H](Cc1ccc(OCCN)cc1)NC(=O)[C@@H]1CSCC[C@H](NC(C)=O)C(=O)N[C@@H](CN)C(=O)N[C@@H]([C@@H](C)O)C(=O)N[C@@H](Cc2c[nH]c3ccccc23)C(=O)N[C@@H](CCC(N)=O)C(=O)N1)C(=O)N[C@@H](CC(N)=O)C(=O)NCC(N)=O. The maximum absolute atomic E-state index is 16.1. The van der Waals surface area contributed by atoms with Gasteiger partial charge in [-0.15, -0.1) is 0 Å². The first kappa shape index (κ1) is 90.6. The molecule has 39 heteroatoms. The second-order valence-electron chi connectivity index (χ2n) is 27.9. The third-order valence-electron chi connectivity index (χ3n) is 18.8. The predicted molar refractivity (Wildman–Crippen MR) is 413 cm³/mol. The Labute approximate surface area is 656 Å². The van der Waals surface area contributed by atoms with Gasteiger partial charge in [0.15, 0.2) is 0 Å². The molecule has 113 heavy (non-hydrogen) atoms. The molecular weight excluding hydrogens is 1490 g/mol. The monoisotopic (exact) mass is 1590 g/mol. The third-order valence-corrected chi connectivity index (χ3v) is 19.9. The predicted octanol–water partition coefficient (Wildman–Crippen LogP) is -5.84. The standard InChI is InChI=1S/C74H106N20O18S/c1-40(95)62-71(109)87-53(32-46-36-82-49-16-8-7-15-48(46)49)67(105)85-51(22-23-59(78)98)65(103)90-57(39-113-30-24-52(84-42(3)97)66(104)89-56(35-77)68(106)92-62)69(107)88-55(31-43-18-20-47(21-19-43)112-29-27-76)72(110)94-38-45-14-6-5-13-44(45)33-58(94)70(108)93-74(4,25-10-11-26-75)73(111)91-50(17-9-12-28-81-41(2)96)64(102)86-54(34-60(79)99)63(101)83-37-61(80)100/h5-8,13-16,18-21,36,40,50-58,62,82,95H,9-12,17,22-35,37-39,75-77H2,1-4H3,(H2,78,98)(H2,79,99)(H2,80,100)(H,81,96)(H,83,101)(H,84,97)(H,85,105)(H,86,102)(H,87,109)(H,88,107)(H,89,104)(H,90,103)(H,91,111)(H,92,106)(H,93,108)/t40-,50+,51+,52+,53+,54+,55+,56+,57+,58+,62+,74+/m1/s1. The van der Waals surface area contributed by atoms with Crippen LogP contribution in [-0.2, 0) is 103 Å². The van der Waals surface area contributed by atoms with Gasteiger partial charge >= 0.3 is 0 Å². The number of unbranched alkanes of at least 4 members (excludes halogenated alkanes) is 2. The van der Waals surface area contributed by atoms with Crippen molar-refractivity contribution in [2.24, 2.45) is 34.4 Å². The molecule has 0 radical (unpaired) electrons. The van der Waals surface area contributed by atoms with E-state index < -0.39 is 199 Å². The molecule has 0 spiro atoms. The van der Waals surface area contributed by atoms with Crippen LogP contribution in [0.25, 0.3) is 10.9 Å². The van der Waals surface area contributed by atoms with Crippen molar-refractivity contribution < 1.29 is 86.6 Å². The van der Waals surface area contributed by atoms with E-state index in [4.69, 9.17) is 39.1 Å². The quantitative estimate of drug-likeness (QED) is 0.0189. The summed E-state index contributed by atoms with van der Waals surface area (Å²) in [4.78, 5) is 228. The van der Waals surface area contributed by atoms with Gasteiger partial charge in [0.25, 0.3) is 0 Å². The number of fused-ring (bicyclic) bond motifs is 2. The van der Waals surface area contributed by atoms with Crippen molar-refractivity contribution in [3.63, 3.8) is 0 Å². The molecule has 3 aromatic carbocycles. The van der Waals surface area contributed by atoms with Crippen molar-refractivity contribution in [2.75, 3.05) is 50.8 Å². The van der Waals surface area contributed by atoms with Gasteiger partial charge in [0.2, 0.25) is 94.5 Å². The normalized spacial score (nSPS) is 20.1. The van der Waals surface area contributed by atoms with E-state index in [2.05, 4.69) is 68.8 Å². The maximum Gasteiger partial charge on any atom is 0.246 e. The van der Waals surface area contributed by atoms with Crippen molar-refractivity contribution in [1.82, 2.24) is 73.7 Å². The number of thioether (sulfide) groups is 1. The number of para-hydroxylation sites is 1. The Morgan fingerprint density at radius 3 is 2.00 bits per heavy atom. The molecule has 16 amide bonds. The highest BCUT2D eigenvalue weighted by molar-refractivity contribution is 7.99. The molecule has 26 N–H and O–H groups in total. The Bertz CT molecular complexity index is 4050.